The Morgan fingerprint density at radius 3 is 3.05 bits per heavy atom. The lowest BCUT2D eigenvalue weighted by atomic mass is 10.2. The predicted molar refractivity (Wildman–Crippen MR) is 84.7 cm³/mol. The van der Waals surface area contributed by atoms with Crippen LogP contribution in [0.5, 0.6) is 5.75 Å². The van der Waals surface area contributed by atoms with Crippen LogP contribution in [0.1, 0.15) is 12.5 Å². The number of hydrogen-bond donors (Lipinski definition) is 1. The topological polar surface area (TPSA) is 89.7 Å². The smallest absolute Gasteiger partial charge is 0.313 e. The van der Waals surface area contributed by atoms with Gasteiger partial charge >= 0.3 is 5.69 Å². The molecule has 0 saturated heterocycles. The first kappa shape index (κ1) is 15.7. The molecule has 22 heavy (non-hydrogen) atoms. The molecule has 114 valence electrons. The Kier molecular flexibility index (Phi) is 5.26. The van der Waals surface area contributed by atoms with E-state index in [0.717, 1.165) is 0 Å². The second-order valence-electron chi connectivity index (χ2n) is 4.11. The second-order valence-corrected chi connectivity index (χ2v) is 4.55. The van der Waals surface area contributed by atoms with Crippen LogP contribution in [-0.4, -0.2) is 22.7 Å². The largest absolute Gasteiger partial charge is 0.493 e. The van der Waals surface area contributed by atoms with Crippen LogP contribution >= 0.6 is 11.6 Å². The second kappa shape index (κ2) is 7.37. The van der Waals surface area contributed by atoms with Gasteiger partial charge < -0.3 is 4.74 Å². The molecular weight excluding hydrogens is 308 g/mol. The number of benzene rings is 1. The van der Waals surface area contributed by atoms with E-state index in [0.29, 0.717) is 22.9 Å². The minimum Gasteiger partial charge on any atom is -0.493 e. The van der Waals surface area contributed by atoms with Gasteiger partial charge in [-0.15, -0.1) is 0 Å². The van der Waals surface area contributed by atoms with Crippen molar-refractivity contribution in [2.24, 2.45) is 5.10 Å². The first-order chi connectivity index (χ1) is 10.6. The molecule has 0 radical (unpaired) electrons. The van der Waals surface area contributed by atoms with Gasteiger partial charge in [-0.2, -0.15) is 5.10 Å². The average Bonchev–Trinajstić information content (AvgIpc) is 2.50. The summed E-state index contributed by atoms with van der Waals surface area (Å²) in [5.74, 6) is 0.678. The molecule has 0 fully saturated rings. The van der Waals surface area contributed by atoms with Crippen molar-refractivity contribution in [2.45, 2.75) is 6.92 Å². The van der Waals surface area contributed by atoms with E-state index in [1.165, 1.54) is 24.5 Å². The van der Waals surface area contributed by atoms with Gasteiger partial charge in [0.05, 0.1) is 17.7 Å². The summed E-state index contributed by atoms with van der Waals surface area (Å²) in [6.45, 7) is 2.37. The molecule has 0 unspecified atom stereocenters. The molecule has 0 aliphatic heterocycles. The number of nitro groups is 1. The van der Waals surface area contributed by atoms with Crippen LogP contribution in [0.2, 0.25) is 5.02 Å². The minimum atomic E-state index is -0.532. The summed E-state index contributed by atoms with van der Waals surface area (Å²) < 4.78 is 5.46. The molecule has 2 aromatic rings. The highest BCUT2D eigenvalue weighted by atomic mass is 35.5. The van der Waals surface area contributed by atoms with Gasteiger partial charge in [0.1, 0.15) is 5.75 Å². The van der Waals surface area contributed by atoms with Gasteiger partial charge in [0.2, 0.25) is 5.82 Å². The molecule has 0 saturated carbocycles. The summed E-state index contributed by atoms with van der Waals surface area (Å²) in [7, 11) is 0. The van der Waals surface area contributed by atoms with Crippen molar-refractivity contribution in [3.05, 3.63) is 57.2 Å². The van der Waals surface area contributed by atoms with Crippen molar-refractivity contribution in [1.82, 2.24) is 4.98 Å². The average molecular weight is 321 g/mol. The van der Waals surface area contributed by atoms with Crippen molar-refractivity contribution >= 4 is 29.3 Å². The molecule has 8 heteroatoms. The van der Waals surface area contributed by atoms with Crippen molar-refractivity contribution < 1.29 is 9.66 Å². The molecule has 0 aliphatic rings. The van der Waals surface area contributed by atoms with Gasteiger partial charge in [0.25, 0.3) is 0 Å². The quantitative estimate of drug-likeness (QED) is 0.500. The fourth-order valence-corrected chi connectivity index (χ4v) is 1.88. The Morgan fingerprint density at radius 2 is 2.32 bits per heavy atom. The van der Waals surface area contributed by atoms with E-state index < -0.39 is 4.92 Å². The van der Waals surface area contributed by atoms with Crippen molar-refractivity contribution in [3.63, 3.8) is 0 Å². The lowest BCUT2D eigenvalue weighted by molar-refractivity contribution is -0.384. The number of hydrogen-bond acceptors (Lipinski definition) is 6. The lowest BCUT2D eigenvalue weighted by Crippen LogP contribution is -2.00. The summed E-state index contributed by atoms with van der Waals surface area (Å²) in [5.41, 5.74) is 3.05. The molecule has 7 nitrogen and oxygen atoms in total. The first-order valence-electron chi connectivity index (χ1n) is 6.42. The van der Waals surface area contributed by atoms with Gasteiger partial charge in [-0.1, -0.05) is 11.6 Å². The lowest BCUT2D eigenvalue weighted by Gasteiger charge is -2.07. The zero-order valence-corrected chi connectivity index (χ0v) is 12.4. The third-order valence-corrected chi connectivity index (χ3v) is 2.86. The molecule has 0 bridgehead atoms. The van der Waals surface area contributed by atoms with E-state index in [4.69, 9.17) is 16.3 Å². The standard InChI is InChI=1S/C14H13ClN4O3/c1-2-22-13-6-5-11(15)8-10(13)9-17-18-14-12(19(20)21)4-3-7-16-14/h3-9H,2H2,1H3,(H,16,18)/b17-9-. The number of halogens is 1. The fraction of sp³-hybridized carbons (Fsp3) is 0.143. The molecule has 0 spiro atoms. The van der Waals surface area contributed by atoms with Crippen LogP contribution < -0.4 is 10.2 Å². The minimum absolute atomic E-state index is 0.0590. The maximum atomic E-state index is 10.9. The number of nitrogens with zero attached hydrogens (tertiary/aromatic N) is 3. The summed E-state index contributed by atoms with van der Waals surface area (Å²) in [6.07, 6.45) is 2.91. The molecule has 1 heterocycles. The Labute approximate surface area is 131 Å². The summed E-state index contributed by atoms with van der Waals surface area (Å²) in [4.78, 5) is 14.2. The molecule has 0 atom stereocenters. The fourth-order valence-electron chi connectivity index (χ4n) is 1.70. The van der Waals surface area contributed by atoms with Gasteiger partial charge in [-0.05, 0) is 31.2 Å². The number of hydrazone groups is 1. The van der Waals surface area contributed by atoms with Crippen molar-refractivity contribution in [2.75, 3.05) is 12.0 Å². The molecular formula is C14H13ClN4O3. The molecule has 0 amide bonds. The van der Waals surface area contributed by atoms with Crippen LogP contribution in [0.4, 0.5) is 11.5 Å². The van der Waals surface area contributed by atoms with Gasteiger partial charge in [0, 0.05) is 22.8 Å². The Balaban J connectivity index is 2.20. The Morgan fingerprint density at radius 1 is 1.50 bits per heavy atom. The Hall–Kier alpha value is -2.67. The van der Waals surface area contributed by atoms with Crippen LogP contribution in [0, 0.1) is 10.1 Å². The van der Waals surface area contributed by atoms with Gasteiger partial charge in [0.15, 0.2) is 0 Å². The molecule has 1 N–H and O–H groups in total. The van der Waals surface area contributed by atoms with Gasteiger partial charge in [-0.25, -0.2) is 4.98 Å². The maximum absolute atomic E-state index is 10.9. The van der Waals surface area contributed by atoms with Crippen molar-refractivity contribution in [1.29, 1.82) is 0 Å². The summed E-state index contributed by atoms with van der Waals surface area (Å²) in [6, 6.07) is 7.95. The van der Waals surface area contributed by atoms with E-state index in [1.54, 1.807) is 18.2 Å². The number of rotatable bonds is 6. The van der Waals surface area contributed by atoms with Crippen LogP contribution in [0.25, 0.3) is 0 Å². The third kappa shape index (κ3) is 3.92. The summed E-state index contributed by atoms with van der Waals surface area (Å²) in [5, 5.41) is 15.4. The molecule has 1 aromatic carbocycles. The molecule has 0 aliphatic carbocycles. The van der Waals surface area contributed by atoms with Gasteiger partial charge in [-0.3, -0.25) is 15.5 Å². The predicted octanol–water partition coefficient (Wildman–Crippen LogP) is 3.49. The van der Waals surface area contributed by atoms with Crippen LogP contribution in [-0.2, 0) is 0 Å². The van der Waals surface area contributed by atoms with E-state index in [2.05, 4.69) is 15.5 Å². The summed E-state index contributed by atoms with van der Waals surface area (Å²) >= 11 is 5.94. The molecule has 2 rings (SSSR count). The van der Waals surface area contributed by atoms with E-state index in [1.807, 2.05) is 6.92 Å². The van der Waals surface area contributed by atoms with Crippen molar-refractivity contribution in [3.8, 4) is 5.75 Å². The number of ether oxygens (including phenoxy) is 1. The first-order valence-corrected chi connectivity index (χ1v) is 6.80. The highest BCUT2D eigenvalue weighted by Crippen LogP contribution is 2.22. The molecule has 1 aromatic heterocycles. The van der Waals surface area contributed by atoms with E-state index in [9.17, 15) is 10.1 Å². The highest BCUT2D eigenvalue weighted by Gasteiger charge is 2.13. The monoisotopic (exact) mass is 320 g/mol. The zero-order valence-electron chi connectivity index (χ0n) is 11.7. The maximum Gasteiger partial charge on any atom is 0.313 e. The Bertz CT molecular complexity index is 706. The van der Waals surface area contributed by atoms with Crippen LogP contribution in [0.3, 0.4) is 0 Å². The number of pyridine rings is 1. The zero-order chi connectivity index (χ0) is 15.9. The normalized spacial score (nSPS) is 10.6. The number of aromatic nitrogens is 1. The number of anilines is 1. The third-order valence-electron chi connectivity index (χ3n) is 2.63. The van der Waals surface area contributed by atoms with E-state index in [-0.39, 0.29) is 11.5 Å². The highest BCUT2D eigenvalue weighted by molar-refractivity contribution is 6.30. The number of nitrogens with one attached hydrogen (secondary N) is 1. The SMILES string of the molecule is CCOc1ccc(Cl)cc1/C=N\Nc1ncccc1[N+](=O)[O-]. The van der Waals surface area contributed by atoms with E-state index >= 15 is 0 Å². The van der Waals surface area contributed by atoms with Crippen LogP contribution in [0.15, 0.2) is 41.6 Å².